The van der Waals surface area contributed by atoms with Gasteiger partial charge < -0.3 is 19.7 Å². The number of benzene rings is 1. The monoisotopic (exact) mass is 344 g/mol. The van der Waals surface area contributed by atoms with Crippen molar-refractivity contribution in [2.45, 2.75) is 37.4 Å². The molecule has 0 bridgehead atoms. The highest BCUT2D eigenvalue weighted by Gasteiger charge is 2.64. The fourth-order valence-electron chi connectivity index (χ4n) is 5.08. The molecule has 1 fully saturated rings. The van der Waals surface area contributed by atoms with E-state index >= 15 is 0 Å². The summed E-state index contributed by atoms with van der Waals surface area (Å²) in [7, 11) is 0. The third-order valence-corrected chi connectivity index (χ3v) is 6.13. The van der Waals surface area contributed by atoms with Crippen LogP contribution in [0, 0.1) is 11.8 Å². The van der Waals surface area contributed by atoms with E-state index in [1.165, 1.54) is 0 Å². The van der Waals surface area contributed by atoms with E-state index in [2.05, 4.69) is 0 Å². The molecule has 0 unspecified atom stereocenters. The molecule has 5 heteroatoms. The van der Waals surface area contributed by atoms with E-state index in [0.717, 1.165) is 12.0 Å². The van der Waals surface area contributed by atoms with E-state index in [1.54, 1.807) is 6.92 Å². The number of fused-ring (bicyclic) bond motifs is 2. The Morgan fingerprint density at radius 1 is 1.24 bits per heavy atom. The summed E-state index contributed by atoms with van der Waals surface area (Å²) in [6.45, 7) is 2.54. The van der Waals surface area contributed by atoms with Gasteiger partial charge in [-0.05, 0) is 42.9 Å². The maximum Gasteiger partial charge on any atom is 0.312 e. The molecule has 4 rings (SSSR count). The number of hydrogen-bond acceptors (Lipinski definition) is 5. The van der Waals surface area contributed by atoms with Gasteiger partial charge in [-0.2, -0.15) is 0 Å². The van der Waals surface area contributed by atoms with E-state index in [9.17, 15) is 15.0 Å². The van der Waals surface area contributed by atoms with Crippen molar-refractivity contribution in [3.63, 3.8) is 0 Å². The van der Waals surface area contributed by atoms with Crippen molar-refractivity contribution in [2.24, 2.45) is 11.8 Å². The van der Waals surface area contributed by atoms with Crippen LogP contribution in [0.15, 0.2) is 41.5 Å². The first-order chi connectivity index (χ1) is 12.0. The topological polar surface area (TPSA) is 76.0 Å². The SMILES string of the molecule is CCOC(=O)[C@H]1[C@@H]2CCC[C@]2(O)C2=C(COC2)[C@]1(O)c1ccccc1. The summed E-state index contributed by atoms with van der Waals surface area (Å²) in [5.74, 6) is -1.64. The molecule has 1 aromatic rings. The van der Waals surface area contributed by atoms with E-state index in [4.69, 9.17) is 9.47 Å². The molecule has 0 saturated heterocycles. The lowest BCUT2D eigenvalue weighted by molar-refractivity contribution is -0.170. The number of ether oxygens (including phenoxy) is 2. The lowest BCUT2D eigenvalue weighted by Gasteiger charge is -2.49. The second kappa shape index (κ2) is 5.94. The van der Waals surface area contributed by atoms with Crippen molar-refractivity contribution >= 4 is 5.97 Å². The zero-order chi connectivity index (χ0) is 17.7. The fourth-order valence-corrected chi connectivity index (χ4v) is 5.08. The quantitative estimate of drug-likeness (QED) is 0.647. The molecule has 1 aromatic carbocycles. The Kier molecular flexibility index (Phi) is 3.98. The number of carbonyl (C=O) groups is 1. The number of rotatable bonds is 3. The van der Waals surface area contributed by atoms with Crippen molar-refractivity contribution in [3.05, 3.63) is 47.0 Å². The van der Waals surface area contributed by atoms with Crippen LogP contribution in [0.2, 0.25) is 0 Å². The highest BCUT2D eigenvalue weighted by molar-refractivity contribution is 5.77. The van der Waals surface area contributed by atoms with Crippen LogP contribution in [0.25, 0.3) is 0 Å². The van der Waals surface area contributed by atoms with Gasteiger partial charge in [0.05, 0.1) is 31.3 Å². The summed E-state index contributed by atoms with van der Waals surface area (Å²) < 4.78 is 11.0. The van der Waals surface area contributed by atoms with Crippen molar-refractivity contribution in [1.29, 1.82) is 0 Å². The second-order valence-corrected chi connectivity index (χ2v) is 7.24. The van der Waals surface area contributed by atoms with Crippen LogP contribution in [-0.4, -0.2) is 41.6 Å². The van der Waals surface area contributed by atoms with Crippen LogP contribution in [0.5, 0.6) is 0 Å². The third kappa shape index (κ3) is 2.23. The Balaban J connectivity index is 1.95. The zero-order valence-corrected chi connectivity index (χ0v) is 14.4. The van der Waals surface area contributed by atoms with Crippen molar-refractivity contribution in [2.75, 3.05) is 19.8 Å². The molecule has 25 heavy (non-hydrogen) atoms. The Labute approximate surface area is 147 Å². The molecule has 0 spiro atoms. The predicted molar refractivity (Wildman–Crippen MR) is 90.6 cm³/mol. The molecule has 4 atom stereocenters. The van der Waals surface area contributed by atoms with E-state index in [1.807, 2.05) is 30.3 Å². The van der Waals surface area contributed by atoms with Crippen molar-refractivity contribution in [1.82, 2.24) is 0 Å². The summed E-state index contributed by atoms with van der Waals surface area (Å²) in [4.78, 5) is 12.9. The van der Waals surface area contributed by atoms with Gasteiger partial charge in [0.25, 0.3) is 0 Å². The first-order valence-electron chi connectivity index (χ1n) is 9.01. The Hall–Kier alpha value is -1.69. The molecule has 5 nitrogen and oxygen atoms in total. The number of esters is 1. The molecule has 1 aliphatic heterocycles. The van der Waals surface area contributed by atoms with Crippen LogP contribution in [-0.2, 0) is 19.9 Å². The Morgan fingerprint density at radius 3 is 2.68 bits per heavy atom. The maximum absolute atomic E-state index is 12.9. The number of hydrogen-bond donors (Lipinski definition) is 2. The van der Waals surface area contributed by atoms with E-state index < -0.39 is 23.1 Å². The van der Waals surface area contributed by atoms with Gasteiger partial charge in [-0.15, -0.1) is 0 Å². The summed E-state index contributed by atoms with van der Waals surface area (Å²) >= 11 is 0. The van der Waals surface area contributed by atoms with Crippen LogP contribution >= 0.6 is 0 Å². The second-order valence-electron chi connectivity index (χ2n) is 7.24. The van der Waals surface area contributed by atoms with E-state index in [-0.39, 0.29) is 19.1 Å². The van der Waals surface area contributed by atoms with E-state index in [0.29, 0.717) is 30.6 Å². The van der Waals surface area contributed by atoms with Crippen LogP contribution in [0.3, 0.4) is 0 Å². The smallest absolute Gasteiger partial charge is 0.312 e. The molecule has 0 aromatic heterocycles. The van der Waals surface area contributed by atoms with Crippen LogP contribution < -0.4 is 0 Å². The van der Waals surface area contributed by atoms with Gasteiger partial charge in [0.1, 0.15) is 5.60 Å². The molecular weight excluding hydrogens is 320 g/mol. The average molecular weight is 344 g/mol. The highest BCUT2D eigenvalue weighted by atomic mass is 16.5. The summed E-state index contributed by atoms with van der Waals surface area (Å²) in [5.41, 5.74) is -0.524. The molecule has 1 heterocycles. The standard InChI is InChI=1S/C20H24O5/c1-2-25-18(21)17-14-9-6-10-19(14,22)15-11-24-12-16(15)20(17,23)13-7-4-3-5-8-13/h3-5,7-8,14,17,22-23H,2,6,9-12H2,1H3/t14-,17+,19+,20+/m0/s1. The molecule has 2 N–H and O–H groups in total. The lowest BCUT2D eigenvalue weighted by Crippen LogP contribution is -2.57. The van der Waals surface area contributed by atoms with Gasteiger partial charge in [-0.1, -0.05) is 30.3 Å². The van der Waals surface area contributed by atoms with Crippen molar-refractivity contribution in [3.8, 4) is 0 Å². The molecule has 0 amide bonds. The minimum absolute atomic E-state index is 0.228. The molecule has 1 saturated carbocycles. The van der Waals surface area contributed by atoms with Gasteiger partial charge >= 0.3 is 5.97 Å². The summed E-state index contributed by atoms with van der Waals surface area (Å²) in [6.07, 6.45) is 2.10. The molecule has 0 radical (unpaired) electrons. The minimum atomic E-state index is -1.50. The molecule has 134 valence electrons. The lowest BCUT2D eigenvalue weighted by atomic mass is 9.59. The number of carbonyl (C=O) groups excluding carboxylic acids is 1. The van der Waals surface area contributed by atoms with Gasteiger partial charge in [0.15, 0.2) is 0 Å². The normalized spacial score (nSPS) is 36.9. The minimum Gasteiger partial charge on any atom is -0.466 e. The van der Waals surface area contributed by atoms with Gasteiger partial charge in [0.2, 0.25) is 0 Å². The van der Waals surface area contributed by atoms with Gasteiger partial charge in [-0.25, -0.2) is 0 Å². The summed E-state index contributed by atoms with van der Waals surface area (Å²) in [6, 6.07) is 9.23. The Bertz CT molecular complexity index is 712. The van der Waals surface area contributed by atoms with Gasteiger partial charge in [-0.3, -0.25) is 4.79 Å². The summed E-state index contributed by atoms with van der Waals surface area (Å²) in [5, 5.41) is 23.3. The predicted octanol–water partition coefficient (Wildman–Crippen LogP) is 1.93. The van der Waals surface area contributed by atoms with Gasteiger partial charge in [0, 0.05) is 5.92 Å². The molecule has 2 aliphatic carbocycles. The fraction of sp³-hybridized carbons (Fsp3) is 0.550. The van der Waals surface area contributed by atoms with Crippen LogP contribution in [0.1, 0.15) is 31.7 Å². The Morgan fingerprint density at radius 2 is 1.96 bits per heavy atom. The first kappa shape index (κ1) is 16.8. The average Bonchev–Trinajstić information content (AvgIpc) is 3.24. The zero-order valence-electron chi connectivity index (χ0n) is 14.4. The van der Waals surface area contributed by atoms with Crippen LogP contribution in [0.4, 0.5) is 0 Å². The first-order valence-corrected chi connectivity index (χ1v) is 9.01. The van der Waals surface area contributed by atoms with Crippen molar-refractivity contribution < 1.29 is 24.5 Å². The maximum atomic E-state index is 12.9. The molecular formula is C20H24O5. The molecule has 3 aliphatic rings. The highest BCUT2D eigenvalue weighted by Crippen LogP contribution is 2.59. The number of aliphatic hydroxyl groups is 2. The third-order valence-electron chi connectivity index (χ3n) is 6.13. The largest absolute Gasteiger partial charge is 0.466 e.